The maximum Gasteiger partial charge on any atom is 0.326 e. The molecule has 0 spiro atoms. The largest absolute Gasteiger partial charge is 0.480 e. The van der Waals surface area contributed by atoms with Crippen LogP contribution in [-0.4, -0.2) is 36.1 Å². The number of aliphatic carboxylic acids is 1. The number of carboxylic acid groups (broad SMARTS) is 1. The smallest absolute Gasteiger partial charge is 0.326 e. The highest BCUT2D eigenvalue weighted by Gasteiger charge is 2.23. The summed E-state index contributed by atoms with van der Waals surface area (Å²) in [4.78, 5) is 22.9. The lowest BCUT2D eigenvalue weighted by Gasteiger charge is -2.23. The van der Waals surface area contributed by atoms with Gasteiger partial charge in [0.05, 0.1) is 0 Å². The van der Waals surface area contributed by atoms with Crippen molar-refractivity contribution in [1.29, 1.82) is 0 Å². The third-order valence-electron chi connectivity index (χ3n) is 3.27. The van der Waals surface area contributed by atoms with E-state index < -0.39 is 12.0 Å². The number of rotatable bonds is 6. The number of piperidine rings is 1. The molecular formula is C13H24N2O3. The Morgan fingerprint density at radius 3 is 2.44 bits per heavy atom. The van der Waals surface area contributed by atoms with Gasteiger partial charge in [-0.05, 0) is 44.2 Å². The lowest BCUT2D eigenvalue weighted by molar-refractivity contribution is -0.142. The van der Waals surface area contributed by atoms with E-state index in [4.69, 9.17) is 5.11 Å². The average Bonchev–Trinajstić information content (AvgIpc) is 2.28. The van der Waals surface area contributed by atoms with E-state index in [1.807, 2.05) is 13.8 Å². The summed E-state index contributed by atoms with van der Waals surface area (Å²) in [5.74, 6) is -0.428. The van der Waals surface area contributed by atoms with E-state index in [-0.39, 0.29) is 11.8 Å². The predicted octanol–water partition coefficient (Wildman–Crippen LogP) is 0.992. The van der Waals surface area contributed by atoms with Crippen molar-refractivity contribution in [3.63, 3.8) is 0 Å². The molecule has 0 aromatic heterocycles. The van der Waals surface area contributed by atoms with Gasteiger partial charge in [-0.25, -0.2) is 4.79 Å². The molecular weight excluding hydrogens is 232 g/mol. The van der Waals surface area contributed by atoms with Gasteiger partial charge in [-0.15, -0.1) is 0 Å². The number of hydrogen-bond donors (Lipinski definition) is 3. The molecule has 0 aromatic rings. The Hall–Kier alpha value is -1.10. The second-order valence-electron chi connectivity index (χ2n) is 5.49. The fraction of sp³-hybridized carbons (Fsp3) is 0.846. The van der Waals surface area contributed by atoms with Crippen LogP contribution in [0.3, 0.4) is 0 Å². The number of nitrogens with one attached hydrogen (secondary N) is 2. The second-order valence-corrected chi connectivity index (χ2v) is 5.49. The van der Waals surface area contributed by atoms with E-state index in [2.05, 4.69) is 10.6 Å². The van der Waals surface area contributed by atoms with Gasteiger partial charge in [-0.3, -0.25) is 4.79 Å². The maximum absolute atomic E-state index is 11.8. The van der Waals surface area contributed by atoms with Crippen molar-refractivity contribution in [2.24, 2.45) is 11.8 Å². The first-order valence-electron chi connectivity index (χ1n) is 6.72. The van der Waals surface area contributed by atoms with Gasteiger partial charge in [0.2, 0.25) is 5.91 Å². The average molecular weight is 256 g/mol. The highest BCUT2D eigenvalue weighted by atomic mass is 16.4. The van der Waals surface area contributed by atoms with Crippen LogP contribution in [-0.2, 0) is 9.59 Å². The highest BCUT2D eigenvalue weighted by Crippen LogP contribution is 2.16. The molecule has 0 aliphatic carbocycles. The Labute approximate surface area is 108 Å². The Bertz CT molecular complexity index is 286. The molecule has 1 aliphatic rings. The van der Waals surface area contributed by atoms with E-state index in [1.54, 1.807) is 0 Å². The van der Waals surface area contributed by atoms with Crippen LogP contribution in [0.5, 0.6) is 0 Å². The quantitative estimate of drug-likeness (QED) is 0.662. The maximum atomic E-state index is 11.8. The fourth-order valence-electron chi connectivity index (χ4n) is 2.29. The van der Waals surface area contributed by atoms with Crippen LogP contribution in [0.25, 0.3) is 0 Å². The van der Waals surface area contributed by atoms with E-state index >= 15 is 0 Å². The molecule has 0 bridgehead atoms. The third-order valence-corrected chi connectivity index (χ3v) is 3.27. The third kappa shape index (κ3) is 5.49. The zero-order valence-corrected chi connectivity index (χ0v) is 11.2. The molecule has 1 atom stereocenters. The van der Waals surface area contributed by atoms with Gasteiger partial charge in [0.25, 0.3) is 0 Å². The molecule has 0 radical (unpaired) electrons. The zero-order valence-electron chi connectivity index (χ0n) is 11.2. The van der Waals surface area contributed by atoms with Gasteiger partial charge in [0.1, 0.15) is 6.04 Å². The molecule has 1 amide bonds. The molecule has 1 rings (SSSR count). The number of hydrogen-bond acceptors (Lipinski definition) is 3. The molecule has 5 heteroatoms. The molecule has 104 valence electrons. The van der Waals surface area contributed by atoms with Gasteiger partial charge in [0.15, 0.2) is 0 Å². The first-order valence-corrected chi connectivity index (χ1v) is 6.72. The highest BCUT2D eigenvalue weighted by molar-refractivity contribution is 5.83. The van der Waals surface area contributed by atoms with Crippen LogP contribution < -0.4 is 10.6 Å². The van der Waals surface area contributed by atoms with Crippen molar-refractivity contribution in [2.45, 2.75) is 45.6 Å². The van der Waals surface area contributed by atoms with Crippen LogP contribution in [0.2, 0.25) is 0 Å². The van der Waals surface area contributed by atoms with Gasteiger partial charge >= 0.3 is 5.97 Å². The lowest BCUT2D eigenvalue weighted by atomic mass is 9.94. The fourth-order valence-corrected chi connectivity index (χ4v) is 2.29. The molecule has 0 aromatic carbocycles. The van der Waals surface area contributed by atoms with Crippen molar-refractivity contribution in [2.75, 3.05) is 13.1 Å². The first-order chi connectivity index (χ1) is 8.49. The van der Waals surface area contributed by atoms with Crippen LogP contribution in [0, 0.1) is 11.8 Å². The summed E-state index contributed by atoms with van der Waals surface area (Å²) in [6.07, 6.45) is 2.92. The molecule has 0 unspecified atom stereocenters. The first kappa shape index (κ1) is 15.0. The Kier molecular flexibility index (Phi) is 6.12. The number of carboxylic acids is 1. The molecule has 3 N–H and O–H groups in total. The van der Waals surface area contributed by atoms with E-state index in [0.717, 1.165) is 25.9 Å². The molecule has 1 heterocycles. The topological polar surface area (TPSA) is 78.4 Å². The standard InChI is InChI=1S/C13H24N2O3/c1-9(2)7-11(13(17)18)15-12(16)8-10-3-5-14-6-4-10/h9-11,14H,3-8H2,1-2H3,(H,15,16)(H,17,18)/t11-/m1/s1. The predicted molar refractivity (Wildman–Crippen MR) is 69.2 cm³/mol. The summed E-state index contributed by atoms with van der Waals surface area (Å²) in [5.41, 5.74) is 0. The van der Waals surface area contributed by atoms with Crippen molar-refractivity contribution < 1.29 is 14.7 Å². The lowest BCUT2D eigenvalue weighted by Crippen LogP contribution is -2.42. The molecule has 0 saturated carbocycles. The van der Waals surface area contributed by atoms with Crippen molar-refractivity contribution in [1.82, 2.24) is 10.6 Å². The molecule has 1 fully saturated rings. The van der Waals surface area contributed by atoms with Crippen LogP contribution in [0.15, 0.2) is 0 Å². The second kappa shape index (κ2) is 7.36. The van der Waals surface area contributed by atoms with E-state index in [1.165, 1.54) is 0 Å². The summed E-state index contributed by atoms with van der Waals surface area (Å²) in [6.45, 7) is 5.81. The van der Waals surface area contributed by atoms with Crippen molar-refractivity contribution >= 4 is 11.9 Å². The number of carbonyl (C=O) groups excluding carboxylic acids is 1. The summed E-state index contributed by atoms with van der Waals surface area (Å²) in [6, 6.07) is -0.751. The molecule has 5 nitrogen and oxygen atoms in total. The minimum atomic E-state index is -0.942. The van der Waals surface area contributed by atoms with Gasteiger partial charge < -0.3 is 15.7 Å². The number of carbonyl (C=O) groups is 2. The summed E-state index contributed by atoms with van der Waals surface area (Å²) < 4.78 is 0. The molecule has 1 saturated heterocycles. The van der Waals surface area contributed by atoms with Crippen molar-refractivity contribution in [3.8, 4) is 0 Å². The van der Waals surface area contributed by atoms with Gasteiger partial charge in [-0.2, -0.15) is 0 Å². The van der Waals surface area contributed by atoms with Crippen LogP contribution in [0.4, 0.5) is 0 Å². The monoisotopic (exact) mass is 256 g/mol. The number of amides is 1. The van der Waals surface area contributed by atoms with E-state index in [0.29, 0.717) is 18.8 Å². The van der Waals surface area contributed by atoms with Gasteiger partial charge in [0, 0.05) is 6.42 Å². The van der Waals surface area contributed by atoms with Crippen LogP contribution in [0.1, 0.15) is 39.5 Å². The summed E-state index contributed by atoms with van der Waals surface area (Å²) in [5, 5.41) is 14.9. The Morgan fingerprint density at radius 1 is 1.33 bits per heavy atom. The Balaban J connectivity index is 2.37. The van der Waals surface area contributed by atoms with E-state index in [9.17, 15) is 9.59 Å². The molecule has 18 heavy (non-hydrogen) atoms. The zero-order chi connectivity index (χ0) is 13.5. The minimum absolute atomic E-state index is 0.130. The molecule has 1 aliphatic heterocycles. The van der Waals surface area contributed by atoms with Crippen molar-refractivity contribution in [3.05, 3.63) is 0 Å². The SMILES string of the molecule is CC(C)C[C@@H](NC(=O)CC1CCNCC1)C(=O)O. The normalized spacial score (nSPS) is 18.6. The van der Waals surface area contributed by atoms with Crippen LogP contribution >= 0.6 is 0 Å². The Morgan fingerprint density at radius 2 is 1.94 bits per heavy atom. The summed E-state index contributed by atoms with van der Waals surface area (Å²) in [7, 11) is 0. The summed E-state index contributed by atoms with van der Waals surface area (Å²) >= 11 is 0. The van der Waals surface area contributed by atoms with Gasteiger partial charge in [-0.1, -0.05) is 13.8 Å². The minimum Gasteiger partial charge on any atom is -0.480 e.